The van der Waals surface area contributed by atoms with Gasteiger partial charge in [-0.05, 0) is 49.7 Å². The topological polar surface area (TPSA) is 61.4 Å². The molecule has 0 spiro atoms. The molecule has 2 aliphatic rings. The van der Waals surface area contributed by atoms with Gasteiger partial charge < -0.3 is 15.5 Å². The van der Waals surface area contributed by atoms with Gasteiger partial charge in [-0.2, -0.15) is 0 Å². The molecule has 0 atom stereocenters. The monoisotopic (exact) mass is 385 g/mol. The number of carbonyl (C=O) groups excluding carboxylic acids is 2. The third-order valence-electron chi connectivity index (χ3n) is 6.33. The van der Waals surface area contributed by atoms with E-state index in [4.69, 9.17) is 0 Å². The number of amides is 3. The molecule has 1 aromatic rings. The van der Waals surface area contributed by atoms with Gasteiger partial charge in [0.25, 0.3) is 0 Å². The Morgan fingerprint density at radius 1 is 0.964 bits per heavy atom. The van der Waals surface area contributed by atoms with Crippen LogP contribution in [0.5, 0.6) is 0 Å². The Hall–Kier alpha value is -2.04. The molecule has 3 rings (SSSR count). The summed E-state index contributed by atoms with van der Waals surface area (Å²) in [6, 6.07) is 6.63. The molecule has 0 bridgehead atoms. The maximum atomic E-state index is 12.9. The quantitative estimate of drug-likeness (QED) is 0.784. The first-order chi connectivity index (χ1) is 13.6. The fourth-order valence-corrected chi connectivity index (χ4v) is 4.49. The molecule has 2 N–H and O–H groups in total. The van der Waals surface area contributed by atoms with Gasteiger partial charge in [0.1, 0.15) is 0 Å². The Bertz CT molecular complexity index is 652. The minimum absolute atomic E-state index is 0.0200. The fraction of sp³-hybridized carbons (Fsp3) is 0.652. The number of urea groups is 1. The first kappa shape index (κ1) is 20.7. The van der Waals surface area contributed by atoms with Gasteiger partial charge in [0.2, 0.25) is 5.91 Å². The van der Waals surface area contributed by atoms with Crippen molar-refractivity contribution in [1.29, 1.82) is 0 Å². The molecule has 5 heteroatoms. The number of likely N-dealkylation sites (tertiary alicyclic amines) is 1. The minimum Gasteiger partial charge on any atom is -0.335 e. The number of nitrogens with zero attached hydrogens (tertiary/aromatic N) is 1. The summed E-state index contributed by atoms with van der Waals surface area (Å²) in [4.78, 5) is 27.3. The molecule has 1 saturated carbocycles. The van der Waals surface area contributed by atoms with Crippen molar-refractivity contribution in [2.75, 3.05) is 18.4 Å². The molecule has 1 heterocycles. The Morgan fingerprint density at radius 3 is 2.14 bits per heavy atom. The summed E-state index contributed by atoms with van der Waals surface area (Å²) >= 11 is 0. The lowest BCUT2D eigenvalue weighted by Gasteiger charge is -2.33. The summed E-state index contributed by atoms with van der Waals surface area (Å²) in [5.41, 5.74) is 3.38. The predicted octanol–water partition coefficient (Wildman–Crippen LogP) is 4.50. The maximum Gasteiger partial charge on any atom is 0.317 e. The molecule has 5 nitrogen and oxygen atoms in total. The van der Waals surface area contributed by atoms with Crippen molar-refractivity contribution in [3.8, 4) is 0 Å². The summed E-state index contributed by atoms with van der Waals surface area (Å²) in [7, 11) is 0. The van der Waals surface area contributed by atoms with Crippen LogP contribution in [0.3, 0.4) is 0 Å². The first-order valence-corrected chi connectivity index (χ1v) is 11.1. The number of anilines is 1. The van der Waals surface area contributed by atoms with Crippen LogP contribution in [0.1, 0.15) is 69.9 Å². The highest BCUT2D eigenvalue weighted by Gasteiger charge is 2.29. The Balaban J connectivity index is 1.52. The van der Waals surface area contributed by atoms with Crippen LogP contribution in [-0.2, 0) is 17.6 Å². The molecule has 28 heavy (non-hydrogen) atoms. The van der Waals surface area contributed by atoms with Crippen LogP contribution < -0.4 is 10.6 Å². The highest BCUT2D eigenvalue weighted by Crippen LogP contribution is 2.26. The van der Waals surface area contributed by atoms with Gasteiger partial charge in [-0.15, -0.1) is 0 Å². The molecule has 3 amide bonds. The number of carbonyl (C=O) groups is 2. The van der Waals surface area contributed by atoms with Gasteiger partial charge in [0, 0.05) is 30.7 Å². The number of nitrogens with one attached hydrogen (secondary N) is 2. The predicted molar refractivity (Wildman–Crippen MR) is 114 cm³/mol. The zero-order chi connectivity index (χ0) is 19.9. The van der Waals surface area contributed by atoms with E-state index in [9.17, 15) is 9.59 Å². The summed E-state index contributed by atoms with van der Waals surface area (Å²) in [5.74, 6) is 0.0799. The van der Waals surface area contributed by atoms with Crippen molar-refractivity contribution in [2.45, 2.75) is 77.7 Å². The molecule has 1 aromatic carbocycles. The van der Waals surface area contributed by atoms with Crippen molar-refractivity contribution in [3.05, 3.63) is 29.3 Å². The molecule has 154 valence electrons. The van der Waals surface area contributed by atoms with Crippen molar-refractivity contribution >= 4 is 17.6 Å². The summed E-state index contributed by atoms with van der Waals surface area (Å²) < 4.78 is 0. The second kappa shape index (κ2) is 9.94. The van der Waals surface area contributed by atoms with Crippen LogP contribution in [0.25, 0.3) is 0 Å². The smallest absolute Gasteiger partial charge is 0.317 e. The Kier molecular flexibility index (Phi) is 7.35. The van der Waals surface area contributed by atoms with Crippen molar-refractivity contribution in [3.63, 3.8) is 0 Å². The molecule has 1 aliphatic carbocycles. The van der Waals surface area contributed by atoms with E-state index in [1.54, 1.807) is 0 Å². The van der Waals surface area contributed by atoms with E-state index >= 15 is 0 Å². The standard InChI is InChI=1S/C23H35N3O2/c1-3-17-9-8-10-18(4-2)21(17)25-22(27)19-13-15-26(16-14-19)23(28)24-20-11-6-5-7-12-20/h8-10,19-20H,3-7,11-16H2,1-2H3,(H,24,28)(H,25,27). The summed E-state index contributed by atoms with van der Waals surface area (Å²) in [6.07, 6.45) is 9.19. The van der Waals surface area contributed by atoms with Crippen LogP contribution in [0.15, 0.2) is 18.2 Å². The second-order valence-electron chi connectivity index (χ2n) is 8.19. The SMILES string of the molecule is CCc1cccc(CC)c1NC(=O)C1CCN(C(=O)NC2CCCCC2)CC1. The number of hydrogen-bond acceptors (Lipinski definition) is 2. The average molecular weight is 386 g/mol. The van der Waals surface area contributed by atoms with Gasteiger partial charge in [0.05, 0.1) is 0 Å². The van der Waals surface area contributed by atoms with Gasteiger partial charge in [-0.3, -0.25) is 4.79 Å². The summed E-state index contributed by atoms with van der Waals surface area (Å²) in [6.45, 7) is 5.56. The van der Waals surface area contributed by atoms with Crippen LogP contribution in [0.4, 0.5) is 10.5 Å². The van der Waals surface area contributed by atoms with Gasteiger partial charge in [-0.25, -0.2) is 4.79 Å². The Labute approximate surface area is 169 Å². The number of benzene rings is 1. The largest absolute Gasteiger partial charge is 0.335 e. The summed E-state index contributed by atoms with van der Waals surface area (Å²) in [5, 5.41) is 6.39. The lowest BCUT2D eigenvalue weighted by molar-refractivity contribution is -0.121. The lowest BCUT2D eigenvalue weighted by atomic mass is 9.94. The van der Waals surface area contributed by atoms with Crippen molar-refractivity contribution < 1.29 is 9.59 Å². The molecule has 0 radical (unpaired) electrons. The number of rotatable bonds is 5. The Morgan fingerprint density at radius 2 is 1.57 bits per heavy atom. The fourth-order valence-electron chi connectivity index (χ4n) is 4.49. The first-order valence-electron chi connectivity index (χ1n) is 11.1. The van der Waals surface area contributed by atoms with E-state index < -0.39 is 0 Å². The van der Waals surface area contributed by atoms with Crippen molar-refractivity contribution in [2.24, 2.45) is 5.92 Å². The normalized spacial score (nSPS) is 18.7. The van der Waals surface area contributed by atoms with Gasteiger partial charge >= 0.3 is 6.03 Å². The van der Waals surface area contributed by atoms with E-state index in [2.05, 4.69) is 42.7 Å². The van der Waals surface area contributed by atoms with Gasteiger partial charge in [-0.1, -0.05) is 51.3 Å². The third kappa shape index (κ3) is 5.06. The zero-order valence-electron chi connectivity index (χ0n) is 17.4. The van der Waals surface area contributed by atoms with E-state index in [1.807, 2.05) is 4.90 Å². The lowest BCUT2D eigenvalue weighted by Crippen LogP contribution is -2.49. The van der Waals surface area contributed by atoms with E-state index in [-0.39, 0.29) is 17.9 Å². The third-order valence-corrected chi connectivity index (χ3v) is 6.33. The minimum atomic E-state index is -0.0200. The maximum absolute atomic E-state index is 12.9. The van der Waals surface area contributed by atoms with E-state index in [0.717, 1.165) is 44.2 Å². The molecule has 1 aliphatic heterocycles. The van der Waals surface area contributed by atoms with E-state index in [0.29, 0.717) is 19.1 Å². The average Bonchev–Trinajstić information content (AvgIpc) is 2.74. The van der Waals surface area contributed by atoms with Crippen LogP contribution >= 0.6 is 0 Å². The van der Waals surface area contributed by atoms with Crippen molar-refractivity contribution in [1.82, 2.24) is 10.2 Å². The zero-order valence-corrected chi connectivity index (χ0v) is 17.4. The molecule has 0 aromatic heterocycles. The number of para-hydroxylation sites is 1. The second-order valence-corrected chi connectivity index (χ2v) is 8.19. The van der Waals surface area contributed by atoms with Crippen LogP contribution in [-0.4, -0.2) is 36.0 Å². The molecule has 1 saturated heterocycles. The molecular weight excluding hydrogens is 350 g/mol. The number of aryl methyl sites for hydroxylation is 2. The van der Waals surface area contributed by atoms with E-state index in [1.165, 1.54) is 30.4 Å². The highest BCUT2D eigenvalue weighted by atomic mass is 16.2. The number of piperidine rings is 1. The van der Waals surface area contributed by atoms with Gasteiger partial charge in [0.15, 0.2) is 0 Å². The van der Waals surface area contributed by atoms with Crippen LogP contribution in [0.2, 0.25) is 0 Å². The highest BCUT2D eigenvalue weighted by molar-refractivity contribution is 5.94. The molecule has 2 fully saturated rings. The van der Waals surface area contributed by atoms with Crippen LogP contribution in [0, 0.1) is 5.92 Å². The molecule has 0 unspecified atom stereocenters. The number of hydrogen-bond donors (Lipinski definition) is 2. The molecular formula is C23H35N3O2.